The smallest absolute Gasteiger partial charge is 0.335 e. The lowest BCUT2D eigenvalue weighted by Gasteiger charge is -2.11. The molecule has 0 amide bonds. The fourth-order valence-electron chi connectivity index (χ4n) is 2.16. The zero-order valence-electron chi connectivity index (χ0n) is 12.8. The minimum atomic E-state index is -0.348. The molecule has 1 heterocycles. The average Bonchev–Trinajstić information content (AvgIpc) is 2.81. The second kappa shape index (κ2) is 6.48. The van der Waals surface area contributed by atoms with Gasteiger partial charge in [0, 0.05) is 22.7 Å². The Morgan fingerprint density at radius 2 is 2.10 bits per heavy atom. The number of esters is 1. The number of rotatable bonds is 6. The van der Waals surface area contributed by atoms with Crippen LogP contribution < -0.4 is 4.74 Å². The van der Waals surface area contributed by atoms with Gasteiger partial charge in [0.15, 0.2) is 0 Å². The molecule has 0 aliphatic heterocycles. The minimum absolute atomic E-state index is 0.146. The zero-order valence-corrected chi connectivity index (χ0v) is 12.8. The fourth-order valence-corrected chi connectivity index (χ4v) is 2.16. The summed E-state index contributed by atoms with van der Waals surface area (Å²) in [6.07, 6.45) is 2.09. The maximum absolute atomic E-state index is 11.6. The van der Waals surface area contributed by atoms with E-state index in [0.29, 0.717) is 18.7 Å². The number of carbonyl (C=O) groups is 1. The predicted molar refractivity (Wildman–Crippen MR) is 83.5 cm³/mol. The molecule has 2 rings (SSSR count). The van der Waals surface area contributed by atoms with E-state index < -0.39 is 0 Å². The summed E-state index contributed by atoms with van der Waals surface area (Å²) in [5, 5.41) is 1.07. The number of hydrogen-bond donors (Lipinski definition) is 0. The third-order valence-corrected chi connectivity index (χ3v) is 3.04. The van der Waals surface area contributed by atoms with E-state index in [1.54, 1.807) is 6.92 Å². The first-order chi connectivity index (χ1) is 10.0. The maximum Gasteiger partial charge on any atom is 0.335 e. The molecule has 2 aromatic rings. The van der Waals surface area contributed by atoms with E-state index in [1.807, 2.05) is 48.9 Å². The summed E-state index contributed by atoms with van der Waals surface area (Å²) in [5.41, 5.74) is 1.48. The molecule has 0 atom stereocenters. The van der Waals surface area contributed by atoms with Crippen LogP contribution in [0.1, 0.15) is 20.8 Å². The van der Waals surface area contributed by atoms with Crippen molar-refractivity contribution in [3.63, 3.8) is 0 Å². The van der Waals surface area contributed by atoms with Crippen molar-refractivity contribution in [2.45, 2.75) is 33.4 Å². The lowest BCUT2D eigenvalue weighted by molar-refractivity contribution is -0.138. The summed E-state index contributed by atoms with van der Waals surface area (Å²) in [6, 6.07) is 7.93. The van der Waals surface area contributed by atoms with Gasteiger partial charge in [0.25, 0.3) is 0 Å². The molecule has 0 unspecified atom stereocenters. The van der Waals surface area contributed by atoms with Crippen LogP contribution in [0.2, 0.25) is 0 Å². The van der Waals surface area contributed by atoms with E-state index in [0.717, 1.165) is 16.7 Å². The van der Waals surface area contributed by atoms with Gasteiger partial charge in [-0.15, -0.1) is 0 Å². The number of hydrogen-bond acceptors (Lipinski definition) is 3. The van der Waals surface area contributed by atoms with Crippen molar-refractivity contribution in [1.29, 1.82) is 0 Å². The van der Waals surface area contributed by atoms with Crippen LogP contribution in [0.4, 0.5) is 0 Å². The maximum atomic E-state index is 11.6. The number of benzene rings is 1. The fraction of sp³-hybridized carbons (Fsp3) is 0.353. The van der Waals surface area contributed by atoms with E-state index in [1.165, 1.54) is 0 Å². The Balaban J connectivity index is 2.18. The summed E-state index contributed by atoms with van der Waals surface area (Å²) in [7, 11) is 0. The summed E-state index contributed by atoms with van der Waals surface area (Å²) >= 11 is 0. The van der Waals surface area contributed by atoms with Crippen LogP contribution in [0, 0.1) is 0 Å². The highest BCUT2D eigenvalue weighted by Gasteiger charge is 2.10. The Labute approximate surface area is 125 Å². The lowest BCUT2D eigenvalue weighted by atomic mass is 10.2. The second-order valence-corrected chi connectivity index (χ2v) is 5.15. The van der Waals surface area contributed by atoms with Crippen molar-refractivity contribution >= 4 is 16.9 Å². The van der Waals surface area contributed by atoms with Crippen LogP contribution in [-0.2, 0) is 16.1 Å². The molecule has 1 aromatic carbocycles. The number of ether oxygens (including phenoxy) is 2. The lowest BCUT2D eigenvalue weighted by Crippen LogP contribution is -2.11. The minimum Gasteiger partial charge on any atom is -0.491 e. The summed E-state index contributed by atoms with van der Waals surface area (Å²) in [5.74, 6) is 0.499. The number of nitrogens with zero attached hydrogens (tertiary/aromatic N) is 1. The first-order valence-corrected chi connectivity index (χ1v) is 7.11. The van der Waals surface area contributed by atoms with Crippen molar-refractivity contribution in [2.24, 2.45) is 0 Å². The largest absolute Gasteiger partial charge is 0.491 e. The zero-order chi connectivity index (χ0) is 15.4. The van der Waals surface area contributed by atoms with Crippen LogP contribution >= 0.6 is 0 Å². The first-order valence-electron chi connectivity index (χ1n) is 7.11. The van der Waals surface area contributed by atoms with Crippen molar-refractivity contribution in [3.8, 4) is 5.75 Å². The van der Waals surface area contributed by atoms with Crippen LogP contribution in [0.3, 0.4) is 0 Å². The third-order valence-electron chi connectivity index (χ3n) is 3.04. The van der Waals surface area contributed by atoms with Crippen molar-refractivity contribution in [2.75, 3.05) is 6.61 Å². The summed E-state index contributed by atoms with van der Waals surface area (Å²) in [6.45, 7) is 10.4. The Hall–Kier alpha value is -2.23. The van der Waals surface area contributed by atoms with Gasteiger partial charge < -0.3 is 14.0 Å². The van der Waals surface area contributed by atoms with Crippen molar-refractivity contribution < 1.29 is 14.3 Å². The van der Waals surface area contributed by atoms with Gasteiger partial charge in [-0.05, 0) is 45.0 Å². The van der Waals surface area contributed by atoms with Crippen LogP contribution in [0.15, 0.2) is 42.6 Å². The molecular weight excluding hydrogens is 266 g/mol. The Bertz CT molecular complexity index is 655. The number of fused-ring (bicyclic) bond motifs is 1. The van der Waals surface area contributed by atoms with Gasteiger partial charge in [-0.25, -0.2) is 4.79 Å². The van der Waals surface area contributed by atoms with Gasteiger partial charge in [0.1, 0.15) is 5.75 Å². The van der Waals surface area contributed by atoms with E-state index in [9.17, 15) is 4.79 Å². The highest BCUT2D eigenvalue weighted by atomic mass is 16.5. The van der Waals surface area contributed by atoms with Gasteiger partial charge in [-0.2, -0.15) is 0 Å². The molecule has 21 heavy (non-hydrogen) atoms. The Kier molecular flexibility index (Phi) is 4.68. The molecule has 0 aliphatic rings. The highest BCUT2D eigenvalue weighted by Crippen LogP contribution is 2.23. The molecule has 0 N–H and O–H groups in total. The molecule has 0 bridgehead atoms. The van der Waals surface area contributed by atoms with Gasteiger partial charge >= 0.3 is 5.97 Å². The van der Waals surface area contributed by atoms with E-state index >= 15 is 0 Å². The second-order valence-electron chi connectivity index (χ2n) is 5.15. The monoisotopic (exact) mass is 287 g/mol. The van der Waals surface area contributed by atoms with Crippen LogP contribution in [-0.4, -0.2) is 23.2 Å². The SMILES string of the molecule is C=C(Cn1ccc2cc(OC(C)C)ccc21)C(=O)OCC. The van der Waals surface area contributed by atoms with Gasteiger partial charge in [-0.3, -0.25) is 0 Å². The molecule has 0 saturated carbocycles. The molecule has 0 aliphatic carbocycles. The molecule has 1 aromatic heterocycles. The normalized spacial score (nSPS) is 10.9. The molecule has 0 spiro atoms. The Morgan fingerprint density at radius 3 is 2.76 bits per heavy atom. The predicted octanol–water partition coefficient (Wildman–Crippen LogP) is 3.55. The van der Waals surface area contributed by atoms with Gasteiger partial charge in [0.2, 0.25) is 0 Å². The number of carbonyl (C=O) groups excluding carboxylic acids is 1. The molecular formula is C17H21NO3. The van der Waals surface area contributed by atoms with Gasteiger partial charge in [-0.1, -0.05) is 6.58 Å². The quantitative estimate of drug-likeness (QED) is 0.602. The van der Waals surface area contributed by atoms with E-state index in [-0.39, 0.29) is 12.1 Å². The molecule has 4 nitrogen and oxygen atoms in total. The van der Waals surface area contributed by atoms with E-state index in [4.69, 9.17) is 9.47 Å². The standard InChI is InChI=1S/C17H21NO3/c1-5-20-17(19)13(4)11-18-9-8-14-10-15(21-12(2)3)6-7-16(14)18/h6-10,12H,4-5,11H2,1-3H3. The molecule has 112 valence electrons. The molecule has 4 heteroatoms. The number of aromatic nitrogens is 1. The highest BCUT2D eigenvalue weighted by molar-refractivity contribution is 5.88. The van der Waals surface area contributed by atoms with Crippen molar-refractivity contribution in [1.82, 2.24) is 4.57 Å². The first kappa shape index (κ1) is 15.2. The third kappa shape index (κ3) is 3.66. The van der Waals surface area contributed by atoms with Crippen LogP contribution in [0.25, 0.3) is 10.9 Å². The topological polar surface area (TPSA) is 40.5 Å². The summed E-state index contributed by atoms with van der Waals surface area (Å²) < 4.78 is 12.6. The molecule has 0 fully saturated rings. The molecule has 0 radical (unpaired) electrons. The Morgan fingerprint density at radius 1 is 1.33 bits per heavy atom. The summed E-state index contributed by atoms with van der Waals surface area (Å²) in [4.78, 5) is 11.6. The molecule has 0 saturated heterocycles. The average molecular weight is 287 g/mol. The van der Waals surface area contributed by atoms with Gasteiger partial charge in [0.05, 0.1) is 19.3 Å². The van der Waals surface area contributed by atoms with E-state index in [2.05, 4.69) is 6.58 Å². The van der Waals surface area contributed by atoms with Crippen molar-refractivity contribution in [3.05, 3.63) is 42.6 Å². The van der Waals surface area contributed by atoms with Crippen LogP contribution in [0.5, 0.6) is 5.75 Å².